The molecule has 1 aromatic carbocycles. The van der Waals surface area contributed by atoms with Gasteiger partial charge < -0.3 is 16.0 Å². The molecule has 0 bridgehead atoms. The van der Waals surface area contributed by atoms with Gasteiger partial charge in [-0.1, -0.05) is 13.3 Å². The van der Waals surface area contributed by atoms with Crippen LogP contribution in [0.5, 0.6) is 0 Å². The maximum Gasteiger partial charge on any atom is 0.253 e. The predicted octanol–water partition coefficient (Wildman–Crippen LogP) is 2.57. The first kappa shape index (κ1) is 20.4. The molecule has 3 N–H and O–H groups in total. The number of nitrogens with two attached hydrogens (primary N) is 1. The number of halogens is 1. The molecule has 0 fully saturated rings. The molecule has 0 radical (unpaired) electrons. The van der Waals surface area contributed by atoms with E-state index in [0.717, 1.165) is 12.0 Å². The number of aryl methyl sites for hydroxylation is 1. The van der Waals surface area contributed by atoms with Gasteiger partial charge >= 0.3 is 0 Å². The Morgan fingerprint density at radius 3 is 2.36 bits per heavy atom. The molecule has 6 heteroatoms. The number of nitrogens with one attached hydrogen (secondary N) is 1. The lowest BCUT2D eigenvalue weighted by atomic mass is 9.96. The molecule has 1 unspecified atom stereocenters. The highest BCUT2D eigenvalue weighted by Gasteiger charge is 2.27. The molecule has 0 aliphatic carbocycles. The first-order valence-electron chi connectivity index (χ1n) is 7.11. The Morgan fingerprint density at radius 1 is 1.32 bits per heavy atom. The Hall–Kier alpha value is -1.59. The van der Waals surface area contributed by atoms with Crippen molar-refractivity contribution in [2.24, 2.45) is 5.73 Å². The van der Waals surface area contributed by atoms with Crippen molar-refractivity contribution in [1.82, 2.24) is 4.90 Å². The number of carbonyl (C=O) groups is 2. The summed E-state index contributed by atoms with van der Waals surface area (Å²) in [5.74, 6) is -0.268. The summed E-state index contributed by atoms with van der Waals surface area (Å²) < 4.78 is 0. The van der Waals surface area contributed by atoms with Crippen molar-refractivity contribution in [3.05, 3.63) is 29.3 Å². The second kappa shape index (κ2) is 8.15. The number of benzene rings is 1. The smallest absolute Gasteiger partial charge is 0.253 e. The van der Waals surface area contributed by atoms with E-state index in [1.165, 1.54) is 4.90 Å². The van der Waals surface area contributed by atoms with E-state index in [9.17, 15) is 9.59 Å². The quantitative estimate of drug-likeness (QED) is 0.872. The van der Waals surface area contributed by atoms with Crippen LogP contribution in [0.25, 0.3) is 0 Å². The van der Waals surface area contributed by atoms with Crippen LogP contribution in [0.15, 0.2) is 18.2 Å². The van der Waals surface area contributed by atoms with Crippen molar-refractivity contribution in [2.75, 3.05) is 19.4 Å². The normalized spacial score (nSPS) is 12.8. The average molecular weight is 328 g/mol. The summed E-state index contributed by atoms with van der Waals surface area (Å²) >= 11 is 0. The standard InChI is InChI=1S/C16H25N3O2.ClH/c1-6-9-16(3,17)15(21)18-12-7-8-13(11(2)10-12)14(20)19(4)5;/h7-8,10H,6,9,17H2,1-5H3,(H,18,21);1H. The molecule has 2 amide bonds. The van der Waals surface area contributed by atoms with E-state index in [4.69, 9.17) is 5.73 Å². The Labute approximate surface area is 138 Å². The van der Waals surface area contributed by atoms with E-state index >= 15 is 0 Å². The zero-order valence-electron chi connectivity index (χ0n) is 13.9. The minimum Gasteiger partial charge on any atom is -0.345 e. The molecule has 124 valence electrons. The first-order chi connectivity index (χ1) is 9.69. The molecule has 0 aliphatic rings. The van der Waals surface area contributed by atoms with Gasteiger partial charge in [0.2, 0.25) is 5.91 Å². The van der Waals surface area contributed by atoms with E-state index in [0.29, 0.717) is 17.7 Å². The summed E-state index contributed by atoms with van der Waals surface area (Å²) in [4.78, 5) is 25.6. The SMILES string of the molecule is CCCC(C)(N)C(=O)Nc1ccc(C(=O)N(C)C)c(C)c1.Cl. The van der Waals surface area contributed by atoms with Gasteiger partial charge in [0.05, 0.1) is 5.54 Å². The Morgan fingerprint density at radius 2 is 1.91 bits per heavy atom. The van der Waals surface area contributed by atoms with Crippen molar-refractivity contribution < 1.29 is 9.59 Å². The van der Waals surface area contributed by atoms with Crippen LogP contribution < -0.4 is 11.1 Å². The molecule has 1 atom stereocenters. The highest BCUT2D eigenvalue weighted by atomic mass is 35.5. The second-order valence-electron chi connectivity index (χ2n) is 5.85. The molecule has 0 aromatic heterocycles. The Balaban J connectivity index is 0.00000441. The molecule has 0 saturated carbocycles. The minimum absolute atomic E-state index is 0. The average Bonchev–Trinajstić information content (AvgIpc) is 2.37. The van der Waals surface area contributed by atoms with Gasteiger partial charge in [-0.2, -0.15) is 0 Å². The summed E-state index contributed by atoms with van der Waals surface area (Å²) in [5.41, 5.74) is 7.21. The fourth-order valence-corrected chi connectivity index (χ4v) is 2.13. The van der Waals surface area contributed by atoms with Crippen LogP contribution in [0.4, 0.5) is 5.69 Å². The third-order valence-electron chi connectivity index (χ3n) is 3.41. The van der Waals surface area contributed by atoms with Crippen LogP contribution in [0.2, 0.25) is 0 Å². The minimum atomic E-state index is -0.888. The predicted molar refractivity (Wildman–Crippen MR) is 92.6 cm³/mol. The fourth-order valence-electron chi connectivity index (χ4n) is 2.13. The third-order valence-corrected chi connectivity index (χ3v) is 3.41. The summed E-state index contributed by atoms with van der Waals surface area (Å²) in [6.07, 6.45) is 1.46. The van der Waals surface area contributed by atoms with Crippen molar-refractivity contribution in [3.8, 4) is 0 Å². The maximum absolute atomic E-state index is 12.2. The van der Waals surface area contributed by atoms with Crippen LogP contribution in [-0.4, -0.2) is 36.3 Å². The fraction of sp³-hybridized carbons (Fsp3) is 0.500. The second-order valence-corrected chi connectivity index (χ2v) is 5.85. The van der Waals surface area contributed by atoms with Crippen LogP contribution in [-0.2, 0) is 4.79 Å². The summed E-state index contributed by atoms with van der Waals surface area (Å²) in [6, 6.07) is 5.24. The number of nitrogens with zero attached hydrogens (tertiary/aromatic N) is 1. The number of hydrogen-bond acceptors (Lipinski definition) is 3. The summed E-state index contributed by atoms with van der Waals surface area (Å²) in [5, 5.41) is 2.81. The van der Waals surface area contributed by atoms with E-state index in [1.807, 2.05) is 13.8 Å². The summed E-state index contributed by atoms with van der Waals surface area (Å²) in [6.45, 7) is 5.56. The molecule has 5 nitrogen and oxygen atoms in total. The van der Waals surface area contributed by atoms with E-state index in [-0.39, 0.29) is 24.2 Å². The van der Waals surface area contributed by atoms with Crippen LogP contribution >= 0.6 is 12.4 Å². The van der Waals surface area contributed by atoms with Crippen molar-refractivity contribution >= 4 is 29.9 Å². The highest BCUT2D eigenvalue weighted by molar-refractivity contribution is 5.99. The molecule has 0 heterocycles. The largest absolute Gasteiger partial charge is 0.345 e. The van der Waals surface area contributed by atoms with E-state index < -0.39 is 5.54 Å². The van der Waals surface area contributed by atoms with Gasteiger partial charge in [0.15, 0.2) is 0 Å². The molecule has 0 aliphatic heterocycles. The van der Waals surface area contributed by atoms with Crippen LogP contribution in [0.1, 0.15) is 42.6 Å². The Kier molecular flexibility index (Phi) is 7.56. The summed E-state index contributed by atoms with van der Waals surface area (Å²) in [7, 11) is 3.42. The molecule has 0 spiro atoms. The Bertz CT molecular complexity index is 542. The van der Waals surface area contributed by atoms with Gasteiger partial charge in [-0.15, -0.1) is 12.4 Å². The number of amides is 2. The first-order valence-corrected chi connectivity index (χ1v) is 7.11. The lowest BCUT2D eigenvalue weighted by molar-refractivity contribution is -0.120. The topological polar surface area (TPSA) is 75.4 Å². The zero-order valence-corrected chi connectivity index (χ0v) is 14.7. The van der Waals surface area contributed by atoms with Gasteiger partial charge in [-0.25, -0.2) is 0 Å². The third kappa shape index (κ3) is 5.00. The van der Waals surface area contributed by atoms with Crippen molar-refractivity contribution in [2.45, 2.75) is 39.2 Å². The lowest BCUT2D eigenvalue weighted by Gasteiger charge is -2.23. The number of anilines is 1. The molecule has 1 rings (SSSR count). The molecule has 22 heavy (non-hydrogen) atoms. The molecular weight excluding hydrogens is 302 g/mol. The molecular formula is C16H26ClN3O2. The zero-order chi connectivity index (χ0) is 16.2. The molecule has 0 saturated heterocycles. The van der Waals surface area contributed by atoms with Gasteiger partial charge in [-0.05, 0) is 44.0 Å². The monoisotopic (exact) mass is 327 g/mol. The van der Waals surface area contributed by atoms with Crippen molar-refractivity contribution in [3.63, 3.8) is 0 Å². The van der Waals surface area contributed by atoms with Crippen molar-refractivity contribution in [1.29, 1.82) is 0 Å². The van der Waals surface area contributed by atoms with Crippen LogP contribution in [0.3, 0.4) is 0 Å². The number of carbonyl (C=O) groups excluding carboxylic acids is 2. The maximum atomic E-state index is 12.2. The number of hydrogen-bond donors (Lipinski definition) is 2. The van der Waals surface area contributed by atoms with E-state index in [1.54, 1.807) is 39.2 Å². The van der Waals surface area contributed by atoms with E-state index in [2.05, 4.69) is 5.32 Å². The lowest BCUT2D eigenvalue weighted by Crippen LogP contribution is -2.48. The van der Waals surface area contributed by atoms with Gasteiger partial charge in [0.1, 0.15) is 0 Å². The molecule has 1 aromatic rings. The van der Waals surface area contributed by atoms with Gasteiger partial charge in [-0.3, -0.25) is 9.59 Å². The number of rotatable bonds is 5. The van der Waals surface area contributed by atoms with Gasteiger partial charge in [0, 0.05) is 25.3 Å². The van der Waals surface area contributed by atoms with Crippen LogP contribution in [0, 0.1) is 6.92 Å². The van der Waals surface area contributed by atoms with Gasteiger partial charge in [0.25, 0.3) is 5.91 Å². The highest BCUT2D eigenvalue weighted by Crippen LogP contribution is 2.18.